The highest BCUT2D eigenvalue weighted by atomic mass is 32.2. The van der Waals surface area contributed by atoms with Gasteiger partial charge in [-0.3, -0.25) is 0 Å². The molecular formula is C31H36N2O5S. The molecule has 2 aliphatic heterocycles. The van der Waals surface area contributed by atoms with E-state index in [4.69, 9.17) is 23.9 Å². The Morgan fingerprint density at radius 2 is 1.64 bits per heavy atom. The maximum atomic E-state index is 13.4. The second-order valence-corrected chi connectivity index (χ2v) is 10.8. The fraction of sp³-hybridized carbons (Fsp3) is 0.419. The number of amidine groups is 1. The number of fused-ring (bicyclic) bond motifs is 1. The van der Waals surface area contributed by atoms with Gasteiger partial charge < -0.3 is 23.8 Å². The van der Waals surface area contributed by atoms with Crippen molar-refractivity contribution in [2.24, 2.45) is 4.99 Å². The second-order valence-electron chi connectivity index (χ2n) is 9.92. The Kier molecular flexibility index (Phi) is 8.21. The van der Waals surface area contributed by atoms with Gasteiger partial charge in [-0.25, -0.2) is 9.79 Å². The third-order valence-corrected chi connectivity index (χ3v) is 8.55. The summed E-state index contributed by atoms with van der Waals surface area (Å²) in [5.41, 5.74) is 5.40. The number of benzene rings is 2. The summed E-state index contributed by atoms with van der Waals surface area (Å²) in [4.78, 5) is 20.3. The summed E-state index contributed by atoms with van der Waals surface area (Å²) in [6.45, 7) is 3.94. The van der Waals surface area contributed by atoms with Gasteiger partial charge in [0.25, 0.3) is 0 Å². The molecule has 0 spiro atoms. The lowest BCUT2D eigenvalue weighted by molar-refractivity contribution is -0.139. The zero-order chi connectivity index (χ0) is 27.5. The van der Waals surface area contributed by atoms with Crippen LogP contribution in [0.2, 0.25) is 0 Å². The van der Waals surface area contributed by atoms with Crippen LogP contribution in [0.5, 0.6) is 17.2 Å². The molecule has 3 aliphatic rings. The van der Waals surface area contributed by atoms with Crippen molar-refractivity contribution in [3.05, 3.63) is 69.8 Å². The standard InChI is InChI=1S/C31H36N2O5S/c1-6-38-30(34)27-19(2)32-31-33(28(27)23-16-25(35-3)29(37-5)26(17-23)36-4)24(18-39-31)22-14-12-21(13-15-22)20-10-8-7-9-11-20/h12-18,20,28H,6-11H2,1-5H3/t28-/m0/s1. The van der Waals surface area contributed by atoms with Gasteiger partial charge in [0, 0.05) is 5.41 Å². The lowest BCUT2D eigenvalue weighted by Gasteiger charge is -2.36. The summed E-state index contributed by atoms with van der Waals surface area (Å²) in [7, 11) is 4.76. The van der Waals surface area contributed by atoms with Crippen LogP contribution in [0.15, 0.2) is 58.1 Å². The van der Waals surface area contributed by atoms with Crippen LogP contribution >= 0.6 is 11.8 Å². The third kappa shape index (κ3) is 5.14. The minimum atomic E-state index is -0.496. The molecule has 0 saturated heterocycles. The van der Waals surface area contributed by atoms with E-state index in [0.717, 1.165) is 22.0 Å². The minimum absolute atomic E-state index is 0.272. The number of hydrogen-bond donors (Lipinski definition) is 0. The first kappa shape index (κ1) is 27.2. The summed E-state index contributed by atoms with van der Waals surface area (Å²) in [6.07, 6.45) is 6.48. The van der Waals surface area contributed by atoms with E-state index < -0.39 is 6.04 Å². The molecule has 39 heavy (non-hydrogen) atoms. The molecule has 2 aromatic carbocycles. The van der Waals surface area contributed by atoms with E-state index in [1.54, 1.807) is 33.1 Å². The highest BCUT2D eigenvalue weighted by Gasteiger charge is 2.42. The molecule has 0 N–H and O–H groups in total. The second kappa shape index (κ2) is 11.8. The normalized spacial score (nSPS) is 19.3. The number of esters is 1. The van der Waals surface area contributed by atoms with Gasteiger partial charge in [-0.2, -0.15) is 0 Å². The predicted octanol–water partition coefficient (Wildman–Crippen LogP) is 7.06. The number of rotatable bonds is 8. The SMILES string of the molecule is CCOC(=O)C1=C(C)N=C2SC=C(c3ccc(C4CCCCC4)cc3)N2[C@H]1c1cc(OC)c(OC)c(OC)c1. The molecule has 0 unspecified atom stereocenters. The first-order valence-electron chi connectivity index (χ1n) is 13.5. The Morgan fingerprint density at radius 1 is 0.974 bits per heavy atom. The lowest BCUT2D eigenvalue weighted by Crippen LogP contribution is -2.36. The van der Waals surface area contributed by atoms with E-state index >= 15 is 0 Å². The molecule has 7 nitrogen and oxygen atoms in total. The molecule has 2 aromatic rings. The fourth-order valence-corrected chi connectivity index (χ4v) is 6.77. The zero-order valence-corrected chi connectivity index (χ0v) is 24.1. The highest BCUT2D eigenvalue weighted by Crippen LogP contribution is 2.50. The minimum Gasteiger partial charge on any atom is -0.493 e. The molecule has 0 aromatic heterocycles. The van der Waals surface area contributed by atoms with Crippen LogP contribution in [0.4, 0.5) is 0 Å². The number of allylic oxidation sites excluding steroid dienone is 1. The highest BCUT2D eigenvalue weighted by molar-refractivity contribution is 8.16. The van der Waals surface area contributed by atoms with Crippen LogP contribution < -0.4 is 14.2 Å². The molecule has 1 fully saturated rings. The molecular weight excluding hydrogens is 512 g/mol. The van der Waals surface area contributed by atoms with Crippen LogP contribution in [0, 0.1) is 0 Å². The van der Waals surface area contributed by atoms with Crippen molar-refractivity contribution in [2.45, 2.75) is 57.9 Å². The van der Waals surface area contributed by atoms with E-state index in [1.807, 2.05) is 26.0 Å². The molecule has 2 heterocycles. The molecule has 206 valence electrons. The topological polar surface area (TPSA) is 69.6 Å². The van der Waals surface area contributed by atoms with Gasteiger partial charge in [-0.05, 0) is 61.4 Å². The van der Waals surface area contributed by atoms with Gasteiger partial charge in [0.15, 0.2) is 16.7 Å². The van der Waals surface area contributed by atoms with Gasteiger partial charge in [0.1, 0.15) is 0 Å². The van der Waals surface area contributed by atoms with Crippen molar-refractivity contribution in [3.8, 4) is 17.2 Å². The van der Waals surface area contributed by atoms with Gasteiger partial charge in [-0.1, -0.05) is 55.3 Å². The maximum Gasteiger partial charge on any atom is 0.338 e. The third-order valence-electron chi connectivity index (χ3n) is 7.71. The number of thioether (sulfide) groups is 1. The number of nitrogens with zero attached hydrogens (tertiary/aromatic N) is 2. The molecule has 1 atom stereocenters. The Balaban J connectivity index is 1.60. The van der Waals surface area contributed by atoms with Crippen molar-refractivity contribution in [1.82, 2.24) is 4.90 Å². The molecule has 0 amide bonds. The Bertz CT molecular complexity index is 1300. The molecule has 8 heteroatoms. The number of methoxy groups -OCH3 is 3. The van der Waals surface area contributed by atoms with Crippen molar-refractivity contribution in [1.29, 1.82) is 0 Å². The van der Waals surface area contributed by atoms with Crippen molar-refractivity contribution < 1.29 is 23.7 Å². The number of ether oxygens (including phenoxy) is 4. The summed E-state index contributed by atoms with van der Waals surface area (Å²) in [5.74, 6) is 1.79. The van der Waals surface area contributed by atoms with Gasteiger partial charge >= 0.3 is 5.97 Å². The Labute approximate surface area is 234 Å². The van der Waals surface area contributed by atoms with E-state index in [9.17, 15) is 4.79 Å². The number of carbonyl (C=O) groups excluding carboxylic acids is 1. The van der Waals surface area contributed by atoms with Crippen molar-refractivity contribution in [3.63, 3.8) is 0 Å². The fourth-order valence-electron chi connectivity index (χ4n) is 5.80. The quantitative estimate of drug-likeness (QED) is 0.327. The number of aliphatic imine (C=N–C) groups is 1. The Morgan fingerprint density at radius 3 is 2.23 bits per heavy atom. The monoisotopic (exact) mass is 548 g/mol. The molecule has 0 bridgehead atoms. The first-order chi connectivity index (χ1) is 19.0. The van der Waals surface area contributed by atoms with Gasteiger partial charge in [-0.15, -0.1) is 0 Å². The number of carbonyl (C=O) groups is 1. The Hall–Kier alpha value is -3.39. The van der Waals surface area contributed by atoms with Crippen molar-refractivity contribution >= 4 is 28.6 Å². The molecule has 1 saturated carbocycles. The van der Waals surface area contributed by atoms with Crippen LogP contribution in [0.3, 0.4) is 0 Å². The summed E-state index contributed by atoms with van der Waals surface area (Å²) in [5, 5.41) is 2.92. The van der Waals surface area contributed by atoms with E-state index in [2.05, 4.69) is 34.6 Å². The average Bonchev–Trinajstić information content (AvgIpc) is 3.39. The first-order valence-corrected chi connectivity index (χ1v) is 14.4. The van der Waals surface area contributed by atoms with Crippen LogP contribution in [-0.2, 0) is 9.53 Å². The van der Waals surface area contributed by atoms with E-state index in [-0.39, 0.29) is 12.6 Å². The van der Waals surface area contributed by atoms with Gasteiger partial charge in [0.05, 0.1) is 50.9 Å². The van der Waals surface area contributed by atoms with Crippen LogP contribution in [0.1, 0.15) is 74.6 Å². The lowest BCUT2D eigenvalue weighted by atomic mass is 9.84. The predicted molar refractivity (Wildman–Crippen MR) is 155 cm³/mol. The summed E-state index contributed by atoms with van der Waals surface area (Å²) >= 11 is 1.56. The van der Waals surface area contributed by atoms with Crippen molar-refractivity contribution in [2.75, 3.05) is 27.9 Å². The van der Waals surface area contributed by atoms with Gasteiger partial charge in [0.2, 0.25) is 5.75 Å². The molecule has 1 aliphatic carbocycles. The maximum absolute atomic E-state index is 13.4. The van der Waals surface area contributed by atoms with Crippen LogP contribution in [-0.4, -0.2) is 44.0 Å². The summed E-state index contributed by atoms with van der Waals surface area (Å²) < 4.78 is 22.4. The summed E-state index contributed by atoms with van der Waals surface area (Å²) in [6, 6.07) is 12.2. The largest absolute Gasteiger partial charge is 0.493 e. The smallest absolute Gasteiger partial charge is 0.338 e. The van der Waals surface area contributed by atoms with Crippen LogP contribution in [0.25, 0.3) is 5.70 Å². The zero-order valence-electron chi connectivity index (χ0n) is 23.3. The van der Waals surface area contributed by atoms with E-state index in [0.29, 0.717) is 34.4 Å². The molecule has 5 rings (SSSR count). The number of hydrogen-bond acceptors (Lipinski definition) is 8. The average molecular weight is 549 g/mol. The van der Waals surface area contributed by atoms with E-state index in [1.165, 1.54) is 37.7 Å². The molecule has 0 radical (unpaired) electrons.